The minimum atomic E-state index is -0.598. The Morgan fingerprint density at radius 3 is 2.21 bits per heavy atom. The van der Waals surface area contributed by atoms with Crippen molar-refractivity contribution < 1.29 is 14.3 Å². The van der Waals surface area contributed by atoms with E-state index in [4.69, 9.17) is 10.5 Å². The van der Waals surface area contributed by atoms with Crippen LogP contribution in [0.3, 0.4) is 0 Å². The summed E-state index contributed by atoms with van der Waals surface area (Å²) in [6, 6.07) is 16.0. The second kappa shape index (κ2) is 8.95. The van der Waals surface area contributed by atoms with Crippen LogP contribution in [0.4, 0.5) is 5.69 Å². The lowest BCUT2D eigenvalue weighted by Gasteiger charge is -2.34. The minimum Gasteiger partial charge on any atom is -0.497 e. The van der Waals surface area contributed by atoms with Crippen LogP contribution < -0.4 is 15.4 Å². The molecule has 2 aliphatic carbocycles. The molecule has 2 N–H and O–H groups in total. The molecule has 0 atom stereocenters. The van der Waals surface area contributed by atoms with Gasteiger partial charge in [-0.25, -0.2) is 4.68 Å². The Morgan fingerprint density at radius 2 is 1.62 bits per heavy atom. The number of nitrogens with two attached hydrogens (primary N) is 1. The molecular weight excluding hydrogens is 490 g/mol. The molecule has 8 nitrogen and oxygen atoms in total. The highest BCUT2D eigenvalue weighted by molar-refractivity contribution is 6.10. The van der Waals surface area contributed by atoms with Gasteiger partial charge in [0.1, 0.15) is 11.4 Å². The van der Waals surface area contributed by atoms with Crippen LogP contribution in [0.1, 0.15) is 77.0 Å². The lowest BCUT2D eigenvalue weighted by molar-refractivity contribution is 0.0966. The van der Waals surface area contributed by atoms with Crippen molar-refractivity contribution in [3.05, 3.63) is 71.0 Å². The number of rotatable bonds is 7. The molecule has 0 bridgehead atoms. The van der Waals surface area contributed by atoms with Crippen LogP contribution in [0.25, 0.3) is 5.69 Å². The number of primary amides is 1. The molecule has 0 radical (unpaired) electrons. The van der Waals surface area contributed by atoms with Crippen LogP contribution in [0.2, 0.25) is 0 Å². The van der Waals surface area contributed by atoms with Crippen molar-refractivity contribution in [3.8, 4) is 11.4 Å². The molecule has 1 aromatic heterocycles. The summed E-state index contributed by atoms with van der Waals surface area (Å²) in [6.07, 6.45) is 8.22. The molecule has 2 amide bonds. The fourth-order valence-electron chi connectivity index (χ4n) is 6.78. The van der Waals surface area contributed by atoms with Gasteiger partial charge in [0.15, 0.2) is 5.69 Å². The molecule has 8 heteroatoms. The van der Waals surface area contributed by atoms with Crippen LogP contribution in [0.15, 0.2) is 48.5 Å². The van der Waals surface area contributed by atoms with Crippen LogP contribution in [-0.4, -0.2) is 59.8 Å². The van der Waals surface area contributed by atoms with Gasteiger partial charge in [0.05, 0.1) is 12.8 Å². The summed E-state index contributed by atoms with van der Waals surface area (Å²) >= 11 is 0. The topological polar surface area (TPSA) is 93.7 Å². The molecule has 39 heavy (non-hydrogen) atoms. The van der Waals surface area contributed by atoms with E-state index < -0.39 is 5.91 Å². The Labute approximate surface area is 228 Å². The predicted octanol–water partition coefficient (Wildman–Crippen LogP) is 4.19. The van der Waals surface area contributed by atoms with Crippen LogP contribution in [-0.2, 0) is 10.8 Å². The maximum Gasteiger partial charge on any atom is 0.277 e. The van der Waals surface area contributed by atoms with Crippen molar-refractivity contribution in [1.29, 1.82) is 0 Å². The standard InChI is InChI=1S/C31H35N5O3/c1-39-24-11-9-23(10-12-24)36-27-25(26(33-36)28(32)37)31(15-16-31)20-35(29(27)38)22-7-5-21(6-8-22)30(13-14-30)19-34-17-3-2-4-18-34/h5-12H,2-4,13-20H2,1H3,(H2,32,37). The molecule has 0 unspecified atom stereocenters. The normalized spacial score (nSPS) is 21.1. The molecule has 2 aromatic carbocycles. The van der Waals surface area contributed by atoms with E-state index in [2.05, 4.69) is 34.3 Å². The van der Waals surface area contributed by atoms with Crippen molar-refractivity contribution in [1.82, 2.24) is 14.7 Å². The van der Waals surface area contributed by atoms with Gasteiger partial charge >= 0.3 is 0 Å². The fourth-order valence-corrected chi connectivity index (χ4v) is 6.78. The Balaban J connectivity index is 1.23. The number of carbonyl (C=O) groups excluding carboxylic acids is 2. The second-order valence-corrected chi connectivity index (χ2v) is 11.9. The van der Waals surface area contributed by atoms with Crippen molar-refractivity contribution >= 4 is 17.5 Å². The molecule has 1 saturated heterocycles. The van der Waals surface area contributed by atoms with Gasteiger partial charge in [-0.2, -0.15) is 5.10 Å². The number of benzene rings is 2. The SMILES string of the molecule is COc1ccc(-n2nc(C(N)=O)c3c2C(=O)N(c2ccc(C4(CN5CCCCC5)CC4)cc2)CC32CC2)cc1. The van der Waals surface area contributed by atoms with Gasteiger partial charge in [-0.05, 0) is 93.6 Å². The highest BCUT2D eigenvalue weighted by atomic mass is 16.5. The van der Waals surface area contributed by atoms with Crippen LogP contribution >= 0.6 is 0 Å². The second-order valence-electron chi connectivity index (χ2n) is 11.9. The number of fused-ring (bicyclic) bond motifs is 2. The van der Waals surface area contributed by atoms with Gasteiger partial charge < -0.3 is 20.3 Å². The van der Waals surface area contributed by atoms with Crippen molar-refractivity contribution in [2.45, 2.75) is 55.8 Å². The first-order valence-corrected chi connectivity index (χ1v) is 14.2. The van der Waals surface area contributed by atoms with Crippen molar-refractivity contribution in [2.24, 2.45) is 5.73 Å². The third-order valence-corrected chi connectivity index (χ3v) is 9.35. The zero-order chi connectivity index (χ0) is 26.8. The summed E-state index contributed by atoms with van der Waals surface area (Å²) in [7, 11) is 1.61. The van der Waals surface area contributed by atoms with E-state index >= 15 is 0 Å². The lowest BCUT2D eigenvalue weighted by atomic mass is 9.87. The number of aromatic nitrogens is 2. The van der Waals surface area contributed by atoms with Gasteiger partial charge in [0.2, 0.25) is 0 Å². The smallest absolute Gasteiger partial charge is 0.277 e. The van der Waals surface area contributed by atoms with Gasteiger partial charge in [-0.1, -0.05) is 18.6 Å². The number of likely N-dealkylation sites (tertiary alicyclic amines) is 1. The summed E-state index contributed by atoms with van der Waals surface area (Å²) in [5.41, 5.74) is 10.1. The highest BCUT2D eigenvalue weighted by Gasteiger charge is 2.56. The average Bonchev–Trinajstić information content (AvgIpc) is 3.88. The Kier molecular flexibility index (Phi) is 5.60. The maximum atomic E-state index is 14.1. The van der Waals surface area contributed by atoms with E-state index in [9.17, 15) is 9.59 Å². The molecule has 7 rings (SSSR count). The van der Waals surface area contributed by atoms with Crippen molar-refractivity contribution in [2.75, 3.05) is 38.2 Å². The fraction of sp³-hybridized carbons (Fsp3) is 0.452. The lowest BCUT2D eigenvalue weighted by Crippen LogP contribution is -2.45. The van der Waals surface area contributed by atoms with E-state index in [1.807, 2.05) is 29.2 Å². The third kappa shape index (κ3) is 4.04. The number of anilines is 1. The summed E-state index contributed by atoms with van der Waals surface area (Å²) in [5.74, 6) is -0.0466. The average molecular weight is 526 g/mol. The quantitative estimate of drug-likeness (QED) is 0.499. The predicted molar refractivity (Wildman–Crippen MR) is 149 cm³/mol. The zero-order valence-electron chi connectivity index (χ0n) is 22.5. The number of hydrogen-bond donors (Lipinski definition) is 1. The largest absolute Gasteiger partial charge is 0.497 e. The minimum absolute atomic E-state index is 0.152. The van der Waals surface area contributed by atoms with Crippen LogP contribution in [0, 0.1) is 0 Å². The molecular formula is C31H35N5O3. The first-order valence-electron chi connectivity index (χ1n) is 14.2. The molecule has 3 fully saturated rings. The summed E-state index contributed by atoms with van der Waals surface area (Å²) in [6.45, 7) is 4.09. The number of nitrogens with zero attached hydrogens (tertiary/aromatic N) is 4. The molecule has 4 aliphatic rings. The number of carbonyl (C=O) groups is 2. The van der Waals surface area contributed by atoms with E-state index in [0.717, 1.165) is 25.1 Å². The molecule has 3 heterocycles. The third-order valence-electron chi connectivity index (χ3n) is 9.35. The Hall–Kier alpha value is -3.65. The molecule has 2 saturated carbocycles. The van der Waals surface area contributed by atoms with Crippen molar-refractivity contribution in [3.63, 3.8) is 0 Å². The molecule has 202 valence electrons. The Morgan fingerprint density at radius 1 is 0.949 bits per heavy atom. The first kappa shape index (κ1) is 24.4. The van der Waals surface area contributed by atoms with Crippen LogP contribution in [0.5, 0.6) is 5.75 Å². The van der Waals surface area contributed by atoms with Gasteiger partial charge in [0.25, 0.3) is 11.8 Å². The number of piperidine rings is 1. The van der Waals surface area contributed by atoms with Gasteiger partial charge in [-0.15, -0.1) is 0 Å². The number of methoxy groups -OCH3 is 1. The Bertz CT molecular complexity index is 1430. The molecule has 3 aromatic rings. The summed E-state index contributed by atoms with van der Waals surface area (Å²) in [4.78, 5) is 31.1. The van der Waals surface area contributed by atoms with E-state index in [1.54, 1.807) is 11.8 Å². The monoisotopic (exact) mass is 525 g/mol. The zero-order valence-corrected chi connectivity index (χ0v) is 22.5. The maximum absolute atomic E-state index is 14.1. The van der Waals surface area contributed by atoms with E-state index in [0.29, 0.717) is 29.2 Å². The molecule has 2 aliphatic heterocycles. The number of amides is 2. The van der Waals surface area contributed by atoms with E-state index in [-0.39, 0.29) is 22.4 Å². The van der Waals surface area contributed by atoms with E-state index in [1.165, 1.54) is 50.8 Å². The molecule has 1 spiro atoms. The highest BCUT2D eigenvalue weighted by Crippen LogP contribution is 2.55. The number of ether oxygens (including phenoxy) is 1. The van der Waals surface area contributed by atoms with Gasteiger partial charge in [-0.3, -0.25) is 9.59 Å². The first-order chi connectivity index (χ1) is 18.9. The number of hydrogen-bond acceptors (Lipinski definition) is 5. The summed E-state index contributed by atoms with van der Waals surface area (Å²) in [5, 5.41) is 4.59. The van der Waals surface area contributed by atoms with Gasteiger partial charge in [0, 0.05) is 35.2 Å². The summed E-state index contributed by atoms with van der Waals surface area (Å²) < 4.78 is 6.89.